The van der Waals surface area contributed by atoms with E-state index in [4.69, 9.17) is 4.74 Å². The molecule has 1 rings (SSSR count). The number of ether oxygens (including phenoxy) is 1. The van der Waals surface area contributed by atoms with Crippen LogP contribution in [0.15, 0.2) is 0 Å². The molecule has 0 saturated heterocycles. The van der Waals surface area contributed by atoms with E-state index in [0.717, 1.165) is 25.7 Å². The van der Waals surface area contributed by atoms with Crippen molar-refractivity contribution in [1.82, 2.24) is 5.32 Å². The molecule has 1 N–H and O–H groups in total. The lowest BCUT2D eigenvalue weighted by atomic mass is 9.92. The van der Waals surface area contributed by atoms with Crippen molar-refractivity contribution in [3.63, 3.8) is 0 Å². The highest BCUT2D eigenvalue weighted by atomic mass is 19.1. The highest BCUT2D eigenvalue weighted by Gasteiger charge is 2.22. The summed E-state index contributed by atoms with van der Waals surface area (Å²) >= 11 is 0. The zero-order valence-electron chi connectivity index (χ0n) is 9.42. The SMILES string of the molecule is CC(C)N[C@H]1CC[C@@H](OC(C)F)CC1. The Hall–Kier alpha value is -0.150. The molecule has 3 heteroatoms. The maximum absolute atomic E-state index is 12.6. The van der Waals surface area contributed by atoms with E-state index >= 15 is 0 Å². The smallest absolute Gasteiger partial charge is 0.196 e. The Morgan fingerprint density at radius 3 is 2.14 bits per heavy atom. The molecule has 1 fully saturated rings. The summed E-state index contributed by atoms with van der Waals surface area (Å²) in [5.74, 6) is 0. The number of hydrogen-bond acceptors (Lipinski definition) is 2. The fourth-order valence-electron chi connectivity index (χ4n) is 2.10. The van der Waals surface area contributed by atoms with Crippen molar-refractivity contribution < 1.29 is 9.13 Å². The third-order valence-electron chi connectivity index (χ3n) is 2.62. The van der Waals surface area contributed by atoms with Crippen molar-refractivity contribution in [2.45, 2.75) is 71.0 Å². The van der Waals surface area contributed by atoms with Crippen LogP contribution >= 0.6 is 0 Å². The molecule has 0 bridgehead atoms. The normalized spacial score (nSPS) is 30.6. The van der Waals surface area contributed by atoms with Gasteiger partial charge in [0, 0.05) is 12.1 Å². The molecule has 0 aromatic carbocycles. The predicted molar refractivity (Wildman–Crippen MR) is 56.0 cm³/mol. The lowest BCUT2D eigenvalue weighted by Crippen LogP contribution is -2.39. The predicted octanol–water partition coefficient (Wildman–Crippen LogP) is 2.63. The van der Waals surface area contributed by atoms with E-state index in [0.29, 0.717) is 12.1 Å². The zero-order valence-corrected chi connectivity index (χ0v) is 9.42. The summed E-state index contributed by atoms with van der Waals surface area (Å²) in [6, 6.07) is 1.14. The van der Waals surface area contributed by atoms with Crippen LogP contribution in [0, 0.1) is 0 Å². The van der Waals surface area contributed by atoms with Crippen LogP contribution in [0.3, 0.4) is 0 Å². The van der Waals surface area contributed by atoms with Crippen LogP contribution in [-0.4, -0.2) is 24.5 Å². The Balaban J connectivity index is 2.17. The highest BCUT2D eigenvalue weighted by molar-refractivity contribution is 4.78. The van der Waals surface area contributed by atoms with Crippen LogP contribution in [-0.2, 0) is 4.74 Å². The van der Waals surface area contributed by atoms with Gasteiger partial charge in [-0.2, -0.15) is 0 Å². The lowest BCUT2D eigenvalue weighted by molar-refractivity contribution is -0.0878. The van der Waals surface area contributed by atoms with E-state index in [1.807, 2.05) is 0 Å². The maximum atomic E-state index is 12.6. The largest absolute Gasteiger partial charge is 0.345 e. The third-order valence-corrected chi connectivity index (χ3v) is 2.62. The first-order chi connectivity index (χ1) is 6.58. The van der Waals surface area contributed by atoms with E-state index in [1.54, 1.807) is 0 Å². The Morgan fingerprint density at radius 2 is 1.71 bits per heavy atom. The Bertz CT molecular complexity index is 135. The minimum atomic E-state index is -1.12. The standard InChI is InChI=1S/C11H22FNO/c1-8(2)13-10-4-6-11(7-5-10)14-9(3)12/h8-11,13H,4-7H2,1-3H3/t9?,10-,11+. The van der Waals surface area contributed by atoms with E-state index in [9.17, 15) is 4.39 Å². The number of halogens is 1. The molecule has 1 saturated carbocycles. The molecular weight excluding hydrogens is 181 g/mol. The first-order valence-corrected chi connectivity index (χ1v) is 5.63. The molecule has 0 aromatic heterocycles. The van der Waals surface area contributed by atoms with Crippen LogP contribution in [0.2, 0.25) is 0 Å². The molecule has 1 atom stereocenters. The Labute approximate surface area is 86.2 Å². The van der Waals surface area contributed by atoms with Crippen LogP contribution in [0.5, 0.6) is 0 Å². The van der Waals surface area contributed by atoms with Crippen molar-refractivity contribution in [2.75, 3.05) is 0 Å². The number of alkyl halides is 1. The summed E-state index contributed by atoms with van der Waals surface area (Å²) in [6.07, 6.45) is 3.21. The fraction of sp³-hybridized carbons (Fsp3) is 1.00. The van der Waals surface area contributed by atoms with Gasteiger partial charge >= 0.3 is 0 Å². The van der Waals surface area contributed by atoms with Gasteiger partial charge in [0.05, 0.1) is 6.10 Å². The molecule has 0 heterocycles. The van der Waals surface area contributed by atoms with Gasteiger partial charge in [-0.3, -0.25) is 0 Å². The lowest BCUT2D eigenvalue weighted by Gasteiger charge is -2.30. The Kier molecular flexibility index (Phi) is 4.82. The van der Waals surface area contributed by atoms with Gasteiger partial charge in [0.15, 0.2) is 6.36 Å². The molecule has 0 aromatic rings. The minimum absolute atomic E-state index is 0.139. The quantitative estimate of drug-likeness (QED) is 0.758. The molecule has 14 heavy (non-hydrogen) atoms. The summed E-state index contributed by atoms with van der Waals surface area (Å²) < 4.78 is 17.7. The number of nitrogens with one attached hydrogen (secondary N) is 1. The Morgan fingerprint density at radius 1 is 1.14 bits per heavy atom. The highest BCUT2D eigenvalue weighted by Crippen LogP contribution is 2.22. The molecule has 1 unspecified atom stereocenters. The first kappa shape index (κ1) is 11.9. The molecule has 1 aliphatic rings. The van der Waals surface area contributed by atoms with Gasteiger partial charge in [0.2, 0.25) is 0 Å². The number of rotatable bonds is 4. The molecule has 0 radical (unpaired) electrons. The summed E-state index contributed by atoms with van der Waals surface area (Å²) in [6.45, 7) is 5.77. The molecule has 2 nitrogen and oxygen atoms in total. The summed E-state index contributed by atoms with van der Waals surface area (Å²) in [5.41, 5.74) is 0. The topological polar surface area (TPSA) is 21.3 Å². The van der Waals surface area contributed by atoms with Gasteiger partial charge in [-0.05, 0) is 32.6 Å². The van der Waals surface area contributed by atoms with Crippen LogP contribution in [0.25, 0.3) is 0 Å². The second-order valence-corrected chi connectivity index (χ2v) is 4.47. The summed E-state index contributed by atoms with van der Waals surface area (Å²) in [5, 5.41) is 3.51. The van der Waals surface area contributed by atoms with Crippen molar-refractivity contribution in [3.8, 4) is 0 Å². The van der Waals surface area contributed by atoms with Gasteiger partial charge in [-0.1, -0.05) is 13.8 Å². The molecule has 0 aliphatic heterocycles. The monoisotopic (exact) mass is 203 g/mol. The fourth-order valence-corrected chi connectivity index (χ4v) is 2.10. The minimum Gasteiger partial charge on any atom is -0.345 e. The third kappa shape index (κ3) is 4.38. The molecular formula is C11H22FNO. The molecule has 1 aliphatic carbocycles. The second kappa shape index (κ2) is 5.66. The second-order valence-electron chi connectivity index (χ2n) is 4.47. The van der Waals surface area contributed by atoms with Crippen molar-refractivity contribution >= 4 is 0 Å². The summed E-state index contributed by atoms with van der Waals surface area (Å²) in [4.78, 5) is 0. The van der Waals surface area contributed by atoms with Gasteiger partial charge in [0.25, 0.3) is 0 Å². The molecule has 0 spiro atoms. The maximum Gasteiger partial charge on any atom is 0.196 e. The summed E-state index contributed by atoms with van der Waals surface area (Å²) in [7, 11) is 0. The van der Waals surface area contributed by atoms with Crippen LogP contribution < -0.4 is 5.32 Å². The average molecular weight is 203 g/mol. The van der Waals surface area contributed by atoms with Crippen molar-refractivity contribution in [3.05, 3.63) is 0 Å². The van der Waals surface area contributed by atoms with E-state index < -0.39 is 6.36 Å². The van der Waals surface area contributed by atoms with Crippen molar-refractivity contribution in [1.29, 1.82) is 0 Å². The molecule has 84 valence electrons. The van der Waals surface area contributed by atoms with Crippen LogP contribution in [0.4, 0.5) is 4.39 Å². The van der Waals surface area contributed by atoms with Crippen molar-refractivity contribution in [2.24, 2.45) is 0 Å². The first-order valence-electron chi connectivity index (χ1n) is 5.63. The van der Waals surface area contributed by atoms with E-state index in [2.05, 4.69) is 19.2 Å². The van der Waals surface area contributed by atoms with Gasteiger partial charge in [0.1, 0.15) is 0 Å². The average Bonchev–Trinajstić information content (AvgIpc) is 2.06. The van der Waals surface area contributed by atoms with Crippen LogP contribution in [0.1, 0.15) is 46.5 Å². The zero-order chi connectivity index (χ0) is 10.6. The van der Waals surface area contributed by atoms with Gasteiger partial charge < -0.3 is 10.1 Å². The van der Waals surface area contributed by atoms with E-state index in [1.165, 1.54) is 6.92 Å². The van der Waals surface area contributed by atoms with Gasteiger partial charge in [-0.25, -0.2) is 4.39 Å². The van der Waals surface area contributed by atoms with E-state index in [-0.39, 0.29) is 6.10 Å². The number of hydrogen-bond donors (Lipinski definition) is 1. The van der Waals surface area contributed by atoms with Gasteiger partial charge in [-0.15, -0.1) is 0 Å². The molecule has 0 amide bonds.